The number of benzene rings is 1. The molecule has 24 heavy (non-hydrogen) atoms. The first-order valence-electron chi connectivity index (χ1n) is 8.09. The topological polar surface area (TPSA) is 93.0 Å². The first-order chi connectivity index (χ1) is 11.6. The van der Waals surface area contributed by atoms with E-state index < -0.39 is 5.56 Å². The molecule has 0 spiro atoms. The van der Waals surface area contributed by atoms with Crippen LogP contribution in [0.3, 0.4) is 0 Å². The van der Waals surface area contributed by atoms with Gasteiger partial charge in [-0.3, -0.25) is 4.79 Å². The van der Waals surface area contributed by atoms with Crippen molar-refractivity contribution in [2.75, 3.05) is 18.0 Å². The number of rotatable bonds is 3. The van der Waals surface area contributed by atoms with Crippen molar-refractivity contribution in [3.8, 4) is 6.07 Å². The van der Waals surface area contributed by atoms with Crippen LogP contribution in [0.5, 0.6) is 0 Å². The molecule has 2 N–H and O–H groups in total. The van der Waals surface area contributed by atoms with E-state index in [0.717, 1.165) is 11.1 Å². The summed E-state index contributed by atoms with van der Waals surface area (Å²) >= 11 is 0. The van der Waals surface area contributed by atoms with Gasteiger partial charge in [-0.15, -0.1) is 0 Å². The van der Waals surface area contributed by atoms with E-state index in [9.17, 15) is 15.2 Å². The Kier molecular flexibility index (Phi) is 4.63. The van der Waals surface area contributed by atoms with Crippen LogP contribution in [0.4, 0.5) is 5.82 Å². The Balaban J connectivity index is 1.96. The minimum Gasteiger partial charge on any atom is -0.393 e. The summed E-state index contributed by atoms with van der Waals surface area (Å²) in [7, 11) is 0. The van der Waals surface area contributed by atoms with Crippen LogP contribution < -0.4 is 10.5 Å². The lowest BCUT2D eigenvalue weighted by Crippen LogP contribution is -2.38. The number of aliphatic hydroxyl groups excluding tert-OH is 1. The number of aryl methyl sites for hydroxylation is 1. The average molecular weight is 324 g/mol. The molecule has 6 nitrogen and oxygen atoms in total. The highest BCUT2D eigenvalue weighted by molar-refractivity contribution is 5.53. The van der Waals surface area contributed by atoms with E-state index in [4.69, 9.17) is 0 Å². The molecule has 0 atom stereocenters. The predicted molar refractivity (Wildman–Crippen MR) is 91.0 cm³/mol. The first-order valence-corrected chi connectivity index (χ1v) is 8.09. The number of anilines is 1. The number of aromatic nitrogens is 2. The Morgan fingerprint density at radius 3 is 2.75 bits per heavy atom. The number of aromatic amines is 1. The maximum atomic E-state index is 12.3. The SMILES string of the molecule is Cc1ccccc1Cc1nc(N2CCC(O)CC2)c(C#N)c(=O)[nH]1. The highest BCUT2D eigenvalue weighted by Crippen LogP contribution is 2.21. The second kappa shape index (κ2) is 6.85. The summed E-state index contributed by atoms with van der Waals surface area (Å²) in [4.78, 5) is 21.5. The average Bonchev–Trinajstić information content (AvgIpc) is 2.57. The number of H-pyrrole nitrogens is 1. The third kappa shape index (κ3) is 3.31. The van der Waals surface area contributed by atoms with Gasteiger partial charge >= 0.3 is 0 Å². The van der Waals surface area contributed by atoms with Crippen LogP contribution in [0.1, 0.15) is 35.4 Å². The van der Waals surface area contributed by atoms with Gasteiger partial charge in [-0.05, 0) is 30.9 Å². The minimum absolute atomic E-state index is 0.0416. The molecule has 2 aromatic rings. The fourth-order valence-corrected chi connectivity index (χ4v) is 2.99. The van der Waals surface area contributed by atoms with Gasteiger partial charge in [-0.1, -0.05) is 24.3 Å². The van der Waals surface area contributed by atoms with Crippen molar-refractivity contribution in [3.05, 3.63) is 57.1 Å². The van der Waals surface area contributed by atoms with Crippen molar-refractivity contribution in [2.24, 2.45) is 0 Å². The molecule has 0 bridgehead atoms. The van der Waals surface area contributed by atoms with Crippen molar-refractivity contribution >= 4 is 5.82 Å². The van der Waals surface area contributed by atoms with Crippen molar-refractivity contribution in [2.45, 2.75) is 32.3 Å². The number of nitrogens with one attached hydrogen (secondary N) is 1. The number of nitriles is 1. The molecule has 0 aliphatic carbocycles. The molecule has 1 saturated heterocycles. The maximum Gasteiger partial charge on any atom is 0.271 e. The first kappa shape index (κ1) is 16.2. The molecule has 1 aliphatic heterocycles. The summed E-state index contributed by atoms with van der Waals surface area (Å²) < 4.78 is 0. The van der Waals surface area contributed by atoms with E-state index >= 15 is 0 Å². The number of piperidine rings is 1. The van der Waals surface area contributed by atoms with Crippen LogP contribution in [-0.2, 0) is 6.42 Å². The smallest absolute Gasteiger partial charge is 0.271 e. The van der Waals surface area contributed by atoms with Gasteiger partial charge in [0.1, 0.15) is 11.9 Å². The van der Waals surface area contributed by atoms with Gasteiger partial charge in [-0.2, -0.15) is 5.26 Å². The molecule has 1 aromatic heterocycles. The van der Waals surface area contributed by atoms with Gasteiger partial charge in [0.15, 0.2) is 11.4 Å². The molecule has 6 heteroatoms. The fourth-order valence-electron chi connectivity index (χ4n) is 2.99. The van der Waals surface area contributed by atoms with Gasteiger partial charge in [0.25, 0.3) is 5.56 Å². The second-order valence-electron chi connectivity index (χ2n) is 6.14. The lowest BCUT2D eigenvalue weighted by Gasteiger charge is -2.31. The van der Waals surface area contributed by atoms with E-state index in [-0.39, 0.29) is 11.7 Å². The Morgan fingerprint density at radius 1 is 1.38 bits per heavy atom. The zero-order valence-corrected chi connectivity index (χ0v) is 13.6. The Hall–Kier alpha value is -2.65. The third-order valence-corrected chi connectivity index (χ3v) is 4.44. The van der Waals surface area contributed by atoms with E-state index in [2.05, 4.69) is 9.97 Å². The summed E-state index contributed by atoms with van der Waals surface area (Å²) in [5, 5.41) is 19.0. The van der Waals surface area contributed by atoms with E-state index in [0.29, 0.717) is 44.0 Å². The van der Waals surface area contributed by atoms with Gasteiger partial charge in [-0.25, -0.2) is 4.98 Å². The maximum absolute atomic E-state index is 12.3. The molecule has 124 valence electrons. The van der Waals surface area contributed by atoms with E-state index in [1.54, 1.807) is 0 Å². The molecule has 1 aromatic carbocycles. The normalized spacial score (nSPS) is 15.3. The third-order valence-electron chi connectivity index (χ3n) is 4.44. The summed E-state index contributed by atoms with van der Waals surface area (Å²) in [6.07, 6.45) is 1.43. The number of hydrogen-bond donors (Lipinski definition) is 2. The molecule has 0 unspecified atom stereocenters. The van der Waals surface area contributed by atoms with Gasteiger partial charge in [0, 0.05) is 19.5 Å². The number of aliphatic hydroxyl groups is 1. The summed E-state index contributed by atoms with van der Waals surface area (Å²) in [6, 6.07) is 9.91. The quantitative estimate of drug-likeness (QED) is 0.892. The van der Waals surface area contributed by atoms with E-state index in [1.165, 1.54) is 0 Å². The van der Waals surface area contributed by atoms with Crippen molar-refractivity contribution in [1.82, 2.24) is 9.97 Å². The van der Waals surface area contributed by atoms with Gasteiger partial charge in [0.05, 0.1) is 6.10 Å². The lowest BCUT2D eigenvalue weighted by molar-refractivity contribution is 0.145. The van der Waals surface area contributed by atoms with Gasteiger partial charge < -0.3 is 15.0 Å². The Labute approximate surface area is 140 Å². The second-order valence-corrected chi connectivity index (χ2v) is 6.14. The van der Waals surface area contributed by atoms with Crippen LogP contribution in [0.15, 0.2) is 29.1 Å². The molecular formula is C18H20N4O2. The predicted octanol–water partition coefficient (Wildman–Crippen LogP) is 1.50. The van der Waals surface area contributed by atoms with Crippen LogP contribution >= 0.6 is 0 Å². The molecule has 2 heterocycles. The Bertz CT molecular complexity index is 830. The summed E-state index contributed by atoms with van der Waals surface area (Å²) in [5.41, 5.74) is 1.86. The zero-order valence-electron chi connectivity index (χ0n) is 13.6. The van der Waals surface area contributed by atoms with Crippen LogP contribution in [0.25, 0.3) is 0 Å². The minimum atomic E-state index is -0.405. The van der Waals surface area contributed by atoms with Crippen LogP contribution in [-0.4, -0.2) is 34.3 Å². The highest BCUT2D eigenvalue weighted by atomic mass is 16.3. The van der Waals surface area contributed by atoms with Crippen molar-refractivity contribution in [3.63, 3.8) is 0 Å². The van der Waals surface area contributed by atoms with Gasteiger partial charge in [0.2, 0.25) is 0 Å². The molecule has 1 aliphatic rings. The molecule has 0 radical (unpaired) electrons. The van der Waals surface area contributed by atoms with Crippen molar-refractivity contribution < 1.29 is 5.11 Å². The number of nitrogens with zero attached hydrogens (tertiary/aromatic N) is 3. The Morgan fingerprint density at radius 2 is 2.08 bits per heavy atom. The van der Waals surface area contributed by atoms with Crippen LogP contribution in [0.2, 0.25) is 0 Å². The summed E-state index contributed by atoms with van der Waals surface area (Å²) in [6.45, 7) is 3.20. The highest BCUT2D eigenvalue weighted by Gasteiger charge is 2.23. The number of hydrogen-bond acceptors (Lipinski definition) is 5. The largest absolute Gasteiger partial charge is 0.393 e. The molecule has 0 saturated carbocycles. The summed E-state index contributed by atoms with van der Waals surface area (Å²) in [5.74, 6) is 0.978. The van der Waals surface area contributed by atoms with Crippen LogP contribution in [0, 0.1) is 18.3 Å². The molecular weight excluding hydrogens is 304 g/mol. The molecule has 1 fully saturated rings. The fraction of sp³-hybridized carbons (Fsp3) is 0.389. The zero-order chi connectivity index (χ0) is 17.1. The monoisotopic (exact) mass is 324 g/mol. The molecule has 0 amide bonds. The van der Waals surface area contributed by atoms with E-state index in [1.807, 2.05) is 42.2 Å². The standard InChI is InChI=1S/C18H20N4O2/c1-12-4-2-3-5-13(12)10-16-20-17(15(11-19)18(24)21-16)22-8-6-14(23)7-9-22/h2-5,14,23H,6-10H2,1H3,(H,20,21,24). The lowest BCUT2D eigenvalue weighted by atomic mass is 10.1. The van der Waals surface area contributed by atoms with Crippen molar-refractivity contribution in [1.29, 1.82) is 5.26 Å². The molecule has 3 rings (SSSR count).